The molecule has 1 fully saturated rings. The highest BCUT2D eigenvalue weighted by Gasteiger charge is 2.23. The number of benzene rings is 2. The van der Waals surface area contributed by atoms with Gasteiger partial charge < -0.3 is 15.5 Å². The van der Waals surface area contributed by atoms with Crippen LogP contribution in [0.25, 0.3) is 0 Å². The van der Waals surface area contributed by atoms with Crippen molar-refractivity contribution in [1.29, 1.82) is 0 Å². The molecule has 1 aliphatic rings. The molecule has 3 rings (SSSR count). The minimum Gasteiger partial charge on any atom is -0.347 e. The summed E-state index contributed by atoms with van der Waals surface area (Å²) in [6.45, 7) is 12.3. The van der Waals surface area contributed by atoms with Gasteiger partial charge in [-0.05, 0) is 47.2 Å². The fourth-order valence-electron chi connectivity index (χ4n) is 3.89. The van der Waals surface area contributed by atoms with Crippen molar-refractivity contribution in [1.82, 2.24) is 15.1 Å². The van der Waals surface area contributed by atoms with Gasteiger partial charge in [-0.2, -0.15) is 0 Å². The van der Waals surface area contributed by atoms with Crippen molar-refractivity contribution in [2.24, 2.45) is 0 Å². The number of hydrogen-bond donors (Lipinski definition) is 2. The quantitative estimate of drug-likeness (QED) is 0.644. The van der Waals surface area contributed by atoms with E-state index < -0.39 is 11.8 Å². The van der Waals surface area contributed by atoms with E-state index >= 15 is 0 Å². The molecule has 0 radical (unpaired) electrons. The lowest BCUT2D eigenvalue weighted by Gasteiger charge is -2.34. The average molecular weight is 465 g/mol. The van der Waals surface area contributed by atoms with Crippen LogP contribution in [-0.2, 0) is 21.4 Å². The molecule has 0 spiro atoms. The van der Waals surface area contributed by atoms with E-state index in [2.05, 4.69) is 43.2 Å². The third-order valence-corrected chi connectivity index (χ3v) is 6.20. The lowest BCUT2D eigenvalue weighted by atomic mass is 9.86. The van der Waals surface area contributed by atoms with Crippen molar-refractivity contribution >= 4 is 23.4 Å². The van der Waals surface area contributed by atoms with Gasteiger partial charge in [0.15, 0.2) is 0 Å². The van der Waals surface area contributed by atoms with E-state index in [4.69, 9.17) is 0 Å². The van der Waals surface area contributed by atoms with E-state index in [1.807, 2.05) is 41.3 Å². The van der Waals surface area contributed by atoms with Crippen LogP contribution >= 0.6 is 0 Å². The van der Waals surface area contributed by atoms with Crippen molar-refractivity contribution in [2.75, 3.05) is 44.6 Å². The Morgan fingerprint density at radius 1 is 0.853 bits per heavy atom. The Labute approximate surface area is 202 Å². The second-order valence-corrected chi connectivity index (χ2v) is 9.72. The van der Waals surface area contributed by atoms with Crippen LogP contribution < -0.4 is 10.6 Å². The van der Waals surface area contributed by atoms with E-state index in [-0.39, 0.29) is 11.3 Å². The Balaban J connectivity index is 1.38. The van der Waals surface area contributed by atoms with E-state index in [0.717, 1.165) is 19.5 Å². The molecule has 2 aromatic carbocycles. The zero-order chi connectivity index (χ0) is 24.7. The van der Waals surface area contributed by atoms with Crippen LogP contribution in [0, 0.1) is 0 Å². The van der Waals surface area contributed by atoms with Gasteiger partial charge in [0.25, 0.3) is 5.91 Å². The third-order valence-electron chi connectivity index (χ3n) is 6.20. The fourth-order valence-corrected chi connectivity index (χ4v) is 3.89. The maximum Gasteiger partial charge on any atom is 0.313 e. The zero-order valence-electron chi connectivity index (χ0n) is 20.7. The molecule has 7 nitrogen and oxygen atoms in total. The largest absolute Gasteiger partial charge is 0.347 e. The summed E-state index contributed by atoms with van der Waals surface area (Å²) in [5.74, 6) is -1.26. The maximum atomic E-state index is 12.8. The van der Waals surface area contributed by atoms with Gasteiger partial charge in [-0.25, -0.2) is 0 Å². The number of carbonyl (C=O) groups excluding carboxylic acids is 3. The minimum atomic E-state index is -0.669. The first kappa shape index (κ1) is 25.4. The molecule has 182 valence electrons. The molecule has 3 amide bonds. The van der Waals surface area contributed by atoms with Gasteiger partial charge >= 0.3 is 11.8 Å². The Morgan fingerprint density at radius 3 is 2.03 bits per heavy atom. The number of carbonyl (C=O) groups is 3. The number of nitrogens with one attached hydrogen (secondary N) is 2. The highest BCUT2D eigenvalue weighted by molar-refractivity contribution is 6.39. The first-order valence-corrected chi connectivity index (χ1v) is 12.0. The number of nitrogens with zero attached hydrogens (tertiary/aromatic N) is 2. The Morgan fingerprint density at radius 2 is 1.47 bits per heavy atom. The van der Waals surface area contributed by atoms with Crippen LogP contribution in [0.3, 0.4) is 0 Å². The standard InChI is InChI=1S/C27H36N4O3/c1-5-20-6-12-23(13-7-20)29-25(33)24(32)28-14-15-30-16-18-31(19-17-30)26(34)21-8-10-22(11-9-21)27(2,3)4/h6-13H,5,14-19H2,1-4H3,(H,28,32)(H,29,33). The summed E-state index contributed by atoms with van der Waals surface area (Å²) in [6.07, 6.45) is 0.918. The second kappa shape index (κ2) is 11.3. The van der Waals surface area contributed by atoms with Crippen LogP contribution in [0.1, 0.15) is 49.2 Å². The Bertz CT molecular complexity index is 986. The van der Waals surface area contributed by atoms with E-state index in [0.29, 0.717) is 37.4 Å². The molecule has 0 unspecified atom stereocenters. The zero-order valence-corrected chi connectivity index (χ0v) is 20.7. The van der Waals surface area contributed by atoms with E-state index in [1.165, 1.54) is 11.1 Å². The lowest BCUT2D eigenvalue weighted by molar-refractivity contribution is -0.136. The summed E-state index contributed by atoms with van der Waals surface area (Å²) in [4.78, 5) is 41.1. The van der Waals surface area contributed by atoms with Gasteiger partial charge in [0.2, 0.25) is 0 Å². The van der Waals surface area contributed by atoms with Crippen molar-refractivity contribution < 1.29 is 14.4 Å². The van der Waals surface area contributed by atoms with Crippen molar-refractivity contribution in [3.63, 3.8) is 0 Å². The Hall–Kier alpha value is -3.19. The smallest absolute Gasteiger partial charge is 0.313 e. The number of rotatable bonds is 6. The van der Waals surface area contributed by atoms with Crippen LogP contribution in [0.4, 0.5) is 5.69 Å². The topological polar surface area (TPSA) is 81.8 Å². The van der Waals surface area contributed by atoms with E-state index in [9.17, 15) is 14.4 Å². The van der Waals surface area contributed by atoms with E-state index in [1.54, 1.807) is 12.1 Å². The average Bonchev–Trinajstić information content (AvgIpc) is 2.84. The molecule has 1 heterocycles. The predicted octanol–water partition coefficient (Wildman–Crippen LogP) is 3.06. The van der Waals surface area contributed by atoms with Gasteiger partial charge in [-0.15, -0.1) is 0 Å². The molecule has 7 heteroatoms. The number of amides is 3. The number of aryl methyl sites for hydroxylation is 1. The monoisotopic (exact) mass is 464 g/mol. The lowest BCUT2D eigenvalue weighted by Crippen LogP contribution is -2.50. The molecule has 2 N–H and O–H groups in total. The van der Waals surface area contributed by atoms with Crippen molar-refractivity contribution in [3.8, 4) is 0 Å². The number of anilines is 1. The van der Waals surface area contributed by atoms with Gasteiger partial charge in [0.05, 0.1) is 0 Å². The molecule has 1 saturated heterocycles. The first-order valence-electron chi connectivity index (χ1n) is 12.0. The summed E-state index contributed by atoms with van der Waals surface area (Å²) < 4.78 is 0. The van der Waals surface area contributed by atoms with Crippen molar-refractivity contribution in [3.05, 3.63) is 65.2 Å². The summed E-state index contributed by atoms with van der Waals surface area (Å²) >= 11 is 0. The summed E-state index contributed by atoms with van der Waals surface area (Å²) in [7, 11) is 0. The number of piperazine rings is 1. The molecule has 0 saturated carbocycles. The molecular formula is C27H36N4O3. The summed E-state index contributed by atoms with van der Waals surface area (Å²) in [5, 5.41) is 5.29. The fraction of sp³-hybridized carbons (Fsp3) is 0.444. The second-order valence-electron chi connectivity index (χ2n) is 9.72. The van der Waals surface area contributed by atoms with Gasteiger partial charge in [-0.3, -0.25) is 19.3 Å². The highest BCUT2D eigenvalue weighted by atomic mass is 16.2. The molecule has 0 aliphatic carbocycles. The maximum absolute atomic E-state index is 12.8. The first-order chi connectivity index (χ1) is 16.2. The molecule has 1 aliphatic heterocycles. The van der Waals surface area contributed by atoms with Crippen LogP contribution in [0.5, 0.6) is 0 Å². The molecule has 0 bridgehead atoms. The number of hydrogen-bond acceptors (Lipinski definition) is 4. The van der Waals surface area contributed by atoms with Crippen LogP contribution in [0.2, 0.25) is 0 Å². The molecule has 2 aromatic rings. The van der Waals surface area contributed by atoms with Crippen LogP contribution in [0.15, 0.2) is 48.5 Å². The third kappa shape index (κ3) is 6.90. The highest BCUT2D eigenvalue weighted by Crippen LogP contribution is 2.22. The summed E-state index contributed by atoms with van der Waals surface area (Å²) in [6, 6.07) is 15.3. The van der Waals surface area contributed by atoms with Gasteiger partial charge in [0, 0.05) is 50.5 Å². The molecular weight excluding hydrogens is 428 g/mol. The normalized spacial score (nSPS) is 14.5. The molecule has 0 aromatic heterocycles. The molecule has 34 heavy (non-hydrogen) atoms. The predicted molar refractivity (Wildman–Crippen MR) is 135 cm³/mol. The SMILES string of the molecule is CCc1ccc(NC(=O)C(=O)NCCN2CCN(C(=O)c3ccc(C(C)(C)C)cc3)CC2)cc1. The van der Waals surface area contributed by atoms with Crippen molar-refractivity contribution in [2.45, 2.75) is 39.5 Å². The molecule has 0 atom stereocenters. The van der Waals surface area contributed by atoms with Gasteiger partial charge in [-0.1, -0.05) is 52.0 Å². The van der Waals surface area contributed by atoms with Gasteiger partial charge in [0.1, 0.15) is 0 Å². The Kier molecular flexibility index (Phi) is 8.45. The minimum absolute atomic E-state index is 0.0528. The van der Waals surface area contributed by atoms with Crippen LogP contribution in [-0.4, -0.2) is 66.8 Å². The summed E-state index contributed by atoms with van der Waals surface area (Å²) in [5.41, 5.74) is 3.75.